The van der Waals surface area contributed by atoms with E-state index in [9.17, 15) is 0 Å². The van der Waals surface area contributed by atoms with Crippen molar-refractivity contribution >= 4 is 0 Å². The number of nitrogens with zero attached hydrogens (tertiary/aromatic N) is 3. The van der Waals surface area contributed by atoms with Crippen molar-refractivity contribution in [1.82, 2.24) is 25.5 Å². The first-order valence-corrected chi connectivity index (χ1v) is 5.41. The van der Waals surface area contributed by atoms with Gasteiger partial charge in [-0.15, -0.1) is 0 Å². The van der Waals surface area contributed by atoms with E-state index < -0.39 is 0 Å². The summed E-state index contributed by atoms with van der Waals surface area (Å²) in [6, 6.07) is 0. The molecule has 0 aliphatic carbocycles. The van der Waals surface area contributed by atoms with E-state index in [1.54, 1.807) is 0 Å². The molecule has 2 rings (SSSR count). The second-order valence-electron chi connectivity index (χ2n) is 4.15. The van der Waals surface area contributed by atoms with Crippen molar-refractivity contribution in [2.45, 2.75) is 13.5 Å². The molecule has 5 nitrogen and oxygen atoms in total. The van der Waals surface area contributed by atoms with Crippen molar-refractivity contribution in [3.63, 3.8) is 0 Å². The van der Waals surface area contributed by atoms with Crippen molar-refractivity contribution < 1.29 is 0 Å². The Bertz CT molecular complexity index is 301. The molecule has 2 heterocycles. The molecule has 15 heavy (non-hydrogen) atoms. The lowest BCUT2D eigenvalue weighted by Crippen LogP contribution is -2.50. The quantitative estimate of drug-likeness (QED) is 0.734. The first-order valence-electron chi connectivity index (χ1n) is 5.41. The molecule has 1 aromatic heterocycles. The second-order valence-corrected chi connectivity index (χ2v) is 4.15. The molecule has 0 saturated carbocycles. The van der Waals surface area contributed by atoms with Crippen molar-refractivity contribution in [3.8, 4) is 0 Å². The normalized spacial score (nSPS) is 19.6. The van der Waals surface area contributed by atoms with Crippen LogP contribution in [0.4, 0.5) is 0 Å². The molecule has 0 unspecified atom stereocenters. The van der Waals surface area contributed by atoms with E-state index in [4.69, 9.17) is 0 Å². The molecule has 1 fully saturated rings. The molecule has 2 N–H and O–H groups in total. The minimum Gasteiger partial charge on any atom is -0.304 e. The molecular formula is C10H19N5. The molecular weight excluding hydrogens is 190 g/mol. The Morgan fingerprint density at radius 2 is 2.13 bits per heavy atom. The number of aryl methyl sites for hydroxylation is 1. The van der Waals surface area contributed by atoms with Gasteiger partial charge >= 0.3 is 0 Å². The fraction of sp³-hybridized carbons (Fsp3) is 0.700. The largest absolute Gasteiger partial charge is 0.304 e. The zero-order valence-corrected chi connectivity index (χ0v) is 9.45. The highest BCUT2D eigenvalue weighted by Crippen LogP contribution is 2.03. The van der Waals surface area contributed by atoms with Crippen LogP contribution in [0.25, 0.3) is 0 Å². The van der Waals surface area contributed by atoms with Gasteiger partial charge in [-0.3, -0.25) is 10.5 Å². The molecule has 0 spiro atoms. The van der Waals surface area contributed by atoms with Gasteiger partial charge in [-0.2, -0.15) is 5.10 Å². The Kier molecular flexibility index (Phi) is 3.35. The smallest absolute Gasteiger partial charge is 0.0535 e. The van der Waals surface area contributed by atoms with Crippen LogP contribution in [0.1, 0.15) is 11.3 Å². The maximum absolute atomic E-state index is 4.01. The number of aromatic nitrogens is 2. The van der Waals surface area contributed by atoms with Gasteiger partial charge in [0.25, 0.3) is 0 Å². The molecule has 1 saturated heterocycles. The maximum Gasteiger partial charge on any atom is 0.0535 e. The SMILES string of the molecule is Cc1[nH]ncc1CNN1CCN(C)CC1. The Balaban J connectivity index is 1.77. The van der Waals surface area contributed by atoms with E-state index >= 15 is 0 Å². The lowest BCUT2D eigenvalue weighted by atomic mass is 10.3. The Hall–Kier alpha value is -0.910. The minimum atomic E-state index is 0.867. The van der Waals surface area contributed by atoms with Crippen LogP contribution in [0.5, 0.6) is 0 Å². The highest BCUT2D eigenvalue weighted by molar-refractivity contribution is 5.13. The monoisotopic (exact) mass is 209 g/mol. The zero-order chi connectivity index (χ0) is 10.7. The molecule has 5 heteroatoms. The Morgan fingerprint density at radius 3 is 2.73 bits per heavy atom. The van der Waals surface area contributed by atoms with Crippen LogP contribution >= 0.6 is 0 Å². The Morgan fingerprint density at radius 1 is 1.40 bits per heavy atom. The highest BCUT2D eigenvalue weighted by atomic mass is 15.5. The molecule has 0 radical (unpaired) electrons. The van der Waals surface area contributed by atoms with E-state index in [1.165, 1.54) is 5.56 Å². The summed E-state index contributed by atoms with van der Waals surface area (Å²) in [7, 11) is 2.16. The number of rotatable bonds is 3. The van der Waals surface area contributed by atoms with Gasteiger partial charge in [0.1, 0.15) is 0 Å². The molecule has 0 bridgehead atoms. The van der Waals surface area contributed by atoms with Gasteiger partial charge in [-0.25, -0.2) is 5.01 Å². The van der Waals surface area contributed by atoms with Crippen LogP contribution in [0.2, 0.25) is 0 Å². The first-order chi connectivity index (χ1) is 7.25. The van der Waals surface area contributed by atoms with Gasteiger partial charge in [-0.1, -0.05) is 0 Å². The van der Waals surface area contributed by atoms with E-state index in [0.29, 0.717) is 0 Å². The average molecular weight is 209 g/mol. The summed E-state index contributed by atoms with van der Waals surface area (Å²) in [5, 5.41) is 9.24. The van der Waals surface area contributed by atoms with Gasteiger partial charge in [-0.05, 0) is 14.0 Å². The second kappa shape index (κ2) is 4.74. The third kappa shape index (κ3) is 2.77. The standard InChI is InChI=1S/C10H19N5/c1-9-10(7-11-13-9)8-12-15-5-3-14(2)4-6-15/h7,12H,3-6,8H2,1-2H3,(H,11,13). The molecule has 0 aromatic carbocycles. The third-order valence-corrected chi connectivity index (χ3v) is 2.93. The summed E-state index contributed by atoms with van der Waals surface area (Å²) in [6.45, 7) is 7.37. The third-order valence-electron chi connectivity index (χ3n) is 2.93. The van der Waals surface area contributed by atoms with Gasteiger partial charge in [0, 0.05) is 44.0 Å². The van der Waals surface area contributed by atoms with Crippen LogP contribution in [0.15, 0.2) is 6.20 Å². The van der Waals surface area contributed by atoms with Gasteiger partial charge in [0.15, 0.2) is 0 Å². The van der Waals surface area contributed by atoms with E-state index in [0.717, 1.165) is 38.4 Å². The number of aromatic amines is 1. The van der Waals surface area contributed by atoms with E-state index in [2.05, 4.69) is 32.6 Å². The maximum atomic E-state index is 4.01. The van der Waals surface area contributed by atoms with E-state index in [-0.39, 0.29) is 0 Å². The Labute approximate surface area is 90.4 Å². The molecule has 1 aromatic rings. The number of hydrogen-bond donors (Lipinski definition) is 2. The number of piperazine rings is 1. The molecule has 1 aliphatic rings. The lowest BCUT2D eigenvalue weighted by Gasteiger charge is -2.32. The zero-order valence-electron chi connectivity index (χ0n) is 9.45. The van der Waals surface area contributed by atoms with Crippen LogP contribution in [0.3, 0.4) is 0 Å². The predicted octanol–water partition coefficient (Wildman–Crippen LogP) is -0.0299. The molecule has 0 amide bonds. The van der Waals surface area contributed by atoms with Crippen molar-refractivity contribution in [2.75, 3.05) is 33.2 Å². The average Bonchev–Trinajstić information content (AvgIpc) is 2.63. The number of H-pyrrole nitrogens is 1. The molecule has 0 atom stereocenters. The van der Waals surface area contributed by atoms with Crippen molar-refractivity contribution in [1.29, 1.82) is 0 Å². The summed E-state index contributed by atoms with van der Waals surface area (Å²) in [5.41, 5.74) is 5.83. The number of likely N-dealkylation sites (N-methyl/N-ethyl adjacent to an activating group) is 1. The van der Waals surface area contributed by atoms with Crippen LogP contribution in [0, 0.1) is 6.92 Å². The topological polar surface area (TPSA) is 47.2 Å². The minimum absolute atomic E-state index is 0.867. The molecule has 1 aliphatic heterocycles. The fourth-order valence-electron chi connectivity index (χ4n) is 1.72. The first kappa shape index (κ1) is 10.6. The fourth-order valence-corrected chi connectivity index (χ4v) is 1.72. The van der Waals surface area contributed by atoms with E-state index in [1.807, 2.05) is 13.1 Å². The highest BCUT2D eigenvalue weighted by Gasteiger charge is 2.13. The lowest BCUT2D eigenvalue weighted by molar-refractivity contribution is 0.102. The van der Waals surface area contributed by atoms with Crippen LogP contribution in [-0.2, 0) is 6.54 Å². The number of hydrogen-bond acceptors (Lipinski definition) is 4. The van der Waals surface area contributed by atoms with Crippen LogP contribution in [-0.4, -0.2) is 53.3 Å². The van der Waals surface area contributed by atoms with Gasteiger partial charge in [0.2, 0.25) is 0 Å². The van der Waals surface area contributed by atoms with Crippen molar-refractivity contribution in [2.24, 2.45) is 0 Å². The van der Waals surface area contributed by atoms with Gasteiger partial charge < -0.3 is 4.90 Å². The van der Waals surface area contributed by atoms with Crippen LogP contribution < -0.4 is 5.43 Å². The summed E-state index contributed by atoms with van der Waals surface area (Å²) >= 11 is 0. The summed E-state index contributed by atoms with van der Waals surface area (Å²) in [5.74, 6) is 0. The van der Waals surface area contributed by atoms with Gasteiger partial charge in [0.05, 0.1) is 6.20 Å². The molecule has 84 valence electrons. The number of nitrogens with one attached hydrogen (secondary N) is 2. The summed E-state index contributed by atoms with van der Waals surface area (Å²) < 4.78 is 0. The summed E-state index contributed by atoms with van der Waals surface area (Å²) in [4.78, 5) is 2.35. The predicted molar refractivity (Wildman–Crippen MR) is 59.2 cm³/mol. The number of hydrazine groups is 1. The summed E-state index contributed by atoms with van der Waals surface area (Å²) in [6.07, 6.45) is 1.89. The van der Waals surface area contributed by atoms with Crippen molar-refractivity contribution in [3.05, 3.63) is 17.5 Å².